The van der Waals surface area contributed by atoms with Gasteiger partial charge in [-0.25, -0.2) is 0 Å². The molecule has 0 N–H and O–H groups in total. The van der Waals surface area contributed by atoms with Crippen molar-refractivity contribution in [2.45, 2.75) is 12.3 Å². The molecule has 7 nitrogen and oxygen atoms in total. The topological polar surface area (TPSA) is 79.8 Å². The second-order valence-electron chi connectivity index (χ2n) is 6.09. The second kappa shape index (κ2) is 5.84. The van der Waals surface area contributed by atoms with E-state index in [1.54, 1.807) is 13.2 Å². The second-order valence-corrected chi connectivity index (χ2v) is 6.62. The Bertz CT molecular complexity index is 1010. The third-order valence-corrected chi connectivity index (χ3v) is 5.17. The quantitative estimate of drug-likeness (QED) is 0.507. The summed E-state index contributed by atoms with van der Waals surface area (Å²) in [4.78, 5) is 12.2. The SMILES string of the molecule is COc1cc([C@@H]2CC(=O)Oc3ccc4nsnc4c32)cc2c1OCCO2. The summed E-state index contributed by atoms with van der Waals surface area (Å²) >= 11 is 1.14. The smallest absolute Gasteiger partial charge is 0.312 e. The van der Waals surface area contributed by atoms with E-state index in [9.17, 15) is 4.79 Å². The van der Waals surface area contributed by atoms with Gasteiger partial charge in [0.15, 0.2) is 11.5 Å². The predicted molar refractivity (Wildman–Crippen MR) is 93.5 cm³/mol. The lowest BCUT2D eigenvalue weighted by Crippen LogP contribution is -2.22. The average molecular weight is 370 g/mol. The number of ether oxygens (including phenoxy) is 4. The molecule has 26 heavy (non-hydrogen) atoms. The van der Waals surface area contributed by atoms with E-state index < -0.39 is 0 Å². The van der Waals surface area contributed by atoms with Crippen LogP contribution in [0.3, 0.4) is 0 Å². The summed E-state index contributed by atoms with van der Waals surface area (Å²) in [7, 11) is 1.59. The van der Waals surface area contributed by atoms with E-state index in [0.29, 0.717) is 36.2 Å². The number of methoxy groups -OCH3 is 1. The molecule has 1 aromatic heterocycles. The molecule has 5 rings (SSSR count). The van der Waals surface area contributed by atoms with E-state index in [-0.39, 0.29) is 18.3 Å². The third kappa shape index (κ3) is 2.29. The van der Waals surface area contributed by atoms with Gasteiger partial charge in [0, 0.05) is 11.5 Å². The number of aromatic nitrogens is 2. The van der Waals surface area contributed by atoms with E-state index in [1.807, 2.05) is 18.2 Å². The molecule has 132 valence electrons. The van der Waals surface area contributed by atoms with Crippen LogP contribution in [0.4, 0.5) is 0 Å². The van der Waals surface area contributed by atoms with Crippen LogP contribution in [-0.2, 0) is 4.79 Å². The lowest BCUT2D eigenvalue weighted by atomic mass is 9.85. The summed E-state index contributed by atoms with van der Waals surface area (Å²) < 4.78 is 31.1. The standard InChI is InChI=1S/C18H14N2O5S/c1-22-13-6-9(7-14-18(13)24-5-4-23-14)10-8-15(21)25-12-3-2-11-17(16(10)12)20-26-19-11/h2-3,6-7,10H,4-5,8H2,1H3/t10-/m0/s1. The van der Waals surface area contributed by atoms with Gasteiger partial charge in [0.1, 0.15) is 30.0 Å². The number of hydrogen-bond acceptors (Lipinski definition) is 8. The molecule has 0 fully saturated rings. The molecule has 2 aliphatic heterocycles. The molecule has 0 aliphatic carbocycles. The van der Waals surface area contributed by atoms with Gasteiger partial charge < -0.3 is 18.9 Å². The number of benzene rings is 2. The molecule has 2 aromatic carbocycles. The fraction of sp³-hybridized carbons (Fsp3) is 0.278. The molecule has 8 heteroatoms. The molecular weight excluding hydrogens is 356 g/mol. The highest BCUT2D eigenvalue weighted by Crippen LogP contribution is 2.47. The Morgan fingerprint density at radius 3 is 2.92 bits per heavy atom. The first-order valence-electron chi connectivity index (χ1n) is 8.18. The van der Waals surface area contributed by atoms with Gasteiger partial charge in [0.2, 0.25) is 5.75 Å². The molecule has 3 heterocycles. The number of esters is 1. The van der Waals surface area contributed by atoms with Crippen molar-refractivity contribution in [2.24, 2.45) is 0 Å². The van der Waals surface area contributed by atoms with Crippen molar-refractivity contribution in [3.05, 3.63) is 35.4 Å². The van der Waals surface area contributed by atoms with E-state index in [0.717, 1.165) is 33.9 Å². The fourth-order valence-electron chi connectivity index (χ4n) is 3.49. The normalized spacial score (nSPS) is 18.3. The van der Waals surface area contributed by atoms with E-state index in [4.69, 9.17) is 18.9 Å². The number of carbonyl (C=O) groups is 1. The summed E-state index contributed by atoms with van der Waals surface area (Å²) in [6.07, 6.45) is 0.215. The minimum atomic E-state index is -0.279. The van der Waals surface area contributed by atoms with Gasteiger partial charge in [-0.15, -0.1) is 0 Å². The zero-order chi connectivity index (χ0) is 17.7. The van der Waals surface area contributed by atoms with Gasteiger partial charge in [0.05, 0.1) is 25.3 Å². The average Bonchev–Trinajstić information content (AvgIpc) is 3.15. The summed E-state index contributed by atoms with van der Waals surface area (Å²) in [5, 5.41) is 0. The number of carbonyl (C=O) groups excluding carboxylic acids is 1. The van der Waals surface area contributed by atoms with Crippen LogP contribution in [0.15, 0.2) is 24.3 Å². The highest BCUT2D eigenvalue weighted by molar-refractivity contribution is 7.00. The molecule has 2 aliphatic rings. The number of nitrogens with zero attached hydrogens (tertiary/aromatic N) is 2. The lowest BCUT2D eigenvalue weighted by molar-refractivity contribution is -0.135. The van der Waals surface area contributed by atoms with Crippen LogP contribution in [0.2, 0.25) is 0 Å². The van der Waals surface area contributed by atoms with Gasteiger partial charge in [-0.1, -0.05) is 0 Å². The maximum atomic E-state index is 12.2. The van der Waals surface area contributed by atoms with Gasteiger partial charge in [-0.3, -0.25) is 4.79 Å². The maximum absolute atomic E-state index is 12.2. The molecule has 0 saturated carbocycles. The highest BCUT2D eigenvalue weighted by atomic mass is 32.1. The van der Waals surface area contributed by atoms with Gasteiger partial charge >= 0.3 is 5.97 Å². The largest absolute Gasteiger partial charge is 0.493 e. The van der Waals surface area contributed by atoms with Gasteiger partial charge in [-0.2, -0.15) is 8.75 Å². The van der Waals surface area contributed by atoms with Crippen molar-refractivity contribution >= 4 is 28.7 Å². The predicted octanol–water partition coefficient (Wildman–Crippen LogP) is 2.91. The van der Waals surface area contributed by atoms with Crippen LogP contribution in [0.1, 0.15) is 23.5 Å². The van der Waals surface area contributed by atoms with Crippen molar-refractivity contribution in [2.75, 3.05) is 20.3 Å². The third-order valence-electron chi connectivity index (χ3n) is 4.62. The van der Waals surface area contributed by atoms with Crippen molar-refractivity contribution in [3.63, 3.8) is 0 Å². The molecular formula is C18H14N2O5S. The summed E-state index contributed by atoms with van der Waals surface area (Å²) in [6.45, 7) is 0.954. The monoisotopic (exact) mass is 370 g/mol. The molecule has 1 atom stereocenters. The maximum Gasteiger partial charge on any atom is 0.312 e. The van der Waals surface area contributed by atoms with Crippen molar-refractivity contribution < 1.29 is 23.7 Å². The van der Waals surface area contributed by atoms with Gasteiger partial charge in [0.25, 0.3) is 0 Å². The van der Waals surface area contributed by atoms with Crippen LogP contribution in [0, 0.1) is 0 Å². The van der Waals surface area contributed by atoms with E-state index >= 15 is 0 Å². The first kappa shape index (κ1) is 15.4. The van der Waals surface area contributed by atoms with Crippen molar-refractivity contribution in [1.29, 1.82) is 0 Å². The first-order chi connectivity index (χ1) is 12.7. The Morgan fingerprint density at radius 2 is 2.04 bits per heavy atom. The molecule has 0 unspecified atom stereocenters. The summed E-state index contributed by atoms with van der Waals surface area (Å²) in [6, 6.07) is 7.39. The Kier molecular flexibility index (Phi) is 3.46. The minimum Gasteiger partial charge on any atom is -0.493 e. The van der Waals surface area contributed by atoms with Crippen LogP contribution < -0.4 is 18.9 Å². The Labute approximate surface area is 152 Å². The summed E-state index contributed by atoms with van der Waals surface area (Å²) in [5.74, 6) is 1.83. The lowest BCUT2D eigenvalue weighted by Gasteiger charge is -2.27. The Morgan fingerprint density at radius 1 is 1.15 bits per heavy atom. The zero-order valence-electron chi connectivity index (χ0n) is 13.9. The fourth-order valence-corrected chi connectivity index (χ4v) is 4.04. The van der Waals surface area contributed by atoms with Gasteiger partial charge in [-0.05, 0) is 29.8 Å². The Balaban J connectivity index is 1.72. The molecule has 0 bridgehead atoms. The molecule has 0 saturated heterocycles. The molecule has 0 radical (unpaired) electrons. The molecule has 0 amide bonds. The number of rotatable bonds is 2. The van der Waals surface area contributed by atoms with Crippen molar-refractivity contribution in [1.82, 2.24) is 8.75 Å². The van der Waals surface area contributed by atoms with Crippen LogP contribution >= 0.6 is 11.7 Å². The summed E-state index contributed by atoms with van der Waals surface area (Å²) in [5.41, 5.74) is 3.32. The number of hydrogen-bond donors (Lipinski definition) is 0. The minimum absolute atomic E-state index is 0.215. The zero-order valence-corrected chi connectivity index (χ0v) is 14.7. The van der Waals surface area contributed by atoms with Crippen LogP contribution in [-0.4, -0.2) is 35.0 Å². The van der Waals surface area contributed by atoms with Crippen LogP contribution in [0.5, 0.6) is 23.0 Å². The van der Waals surface area contributed by atoms with Crippen LogP contribution in [0.25, 0.3) is 11.0 Å². The number of fused-ring (bicyclic) bond motifs is 4. The molecule has 0 spiro atoms. The van der Waals surface area contributed by atoms with Crippen molar-refractivity contribution in [3.8, 4) is 23.0 Å². The van der Waals surface area contributed by atoms with E-state index in [2.05, 4.69) is 8.75 Å². The Hall–Kier alpha value is -2.87. The van der Waals surface area contributed by atoms with E-state index in [1.165, 1.54) is 0 Å². The molecule has 3 aromatic rings. The first-order valence-corrected chi connectivity index (χ1v) is 8.91. The highest BCUT2D eigenvalue weighted by Gasteiger charge is 2.33.